The standard InChI is InChI=1S/C23H30N4O3S/c1-6-27-21(16(2)30-18-11-9-17(10-12-18)23(3,4)5)25-26-22(27)31-15-20(28)24-14-19-8-7-13-29-19/h7-13,16H,6,14-15H2,1-5H3,(H,24,28). The van der Waals surface area contributed by atoms with Gasteiger partial charge in [0.25, 0.3) is 0 Å². The normalized spacial score (nSPS) is 12.5. The van der Waals surface area contributed by atoms with E-state index in [2.05, 4.69) is 48.4 Å². The van der Waals surface area contributed by atoms with Gasteiger partial charge in [-0.2, -0.15) is 0 Å². The van der Waals surface area contributed by atoms with Crippen molar-refractivity contribution in [2.24, 2.45) is 0 Å². The predicted octanol–water partition coefficient (Wildman–Crippen LogP) is 4.74. The molecule has 0 fully saturated rings. The first-order valence-electron chi connectivity index (χ1n) is 10.4. The molecule has 0 bridgehead atoms. The number of thioether (sulfide) groups is 1. The minimum Gasteiger partial charge on any atom is -0.483 e. The summed E-state index contributed by atoms with van der Waals surface area (Å²) in [6.45, 7) is 11.6. The van der Waals surface area contributed by atoms with Crippen molar-refractivity contribution < 1.29 is 13.9 Å². The van der Waals surface area contributed by atoms with E-state index < -0.39 is 0 Å². The third-order valence-corrected chi connectivity index (χ3v) is 5.80. The van der Waals surface area contributed by atoms with Crippen molar-refractivity contribution in [1.29, 1.82) is 0 Å². The summed E-state index contributed by atoms with van der Waals surface area (Å²) in [6.07, 6.45) is 1.32. The Balaban J connectivity index is 1.58. The summed E-state index contributed by atoms with van der Waals surface area (Å²) in [5.41, 5.74) is 1.36. The zero-order valence-corrected chi connectivity index (χ0v) is 19.5. The first-order valence-corrected chi connectivity index (χ1v) is 11.4. The molecule has 1 amide bonds. The van der Waals surface area contributed by atoms with Crippen LogP contribution in [0.1, 0.15) is 57.9 Å². The van der Waals surface area contributed by atoms with Gasteiger partial charge in [0, 0.05) is 6.54 Å². The van der Waals surface area contributed by atoms with Crippen molar-refractivity contribution >= 4 is 17.7 Å². The molecule has 1 atom stereocenters. The minimum atomic E-state index is -0.268. The lowest BCUT2D eigenvalue weighted by atomic mass is 9.87. The summed E-state index contributed by atoms with van der Waals surface area (Å²) in [5, 5.41) is 12.1. The van der Waals surface area contributed by atoms with Crippen molar-refractivity contribution in [2.45, 2.75) is 64.4 Å². The fraction of sp³-hybridized carbons (Fsp3) is 0.435. The van der Waals surface area contributed by atoms with E-state index in [9.17, 15) is 4.79 Å². The molecule has 166 valence electrons. The highest BCUT2D eigenvalue weighted by molar-refractivity contribution is 7.99. The largest absolute Gasteiger partial charge is 0.483 e. The number of amides is 1. The summed E-state index contributed by atoms with van der Waals surface area (Å²) in [6, 6.07) is 11.8. The first-order chi connectivity index (χ1) is 14.8. The van der Waals surface area contributed by atoms with Gasteiger partial charge in [-0.1, -0.05) is 44.7 Å². The summed E-state index contributed by atoms with van der Waals surface area (Å²) in [5.74, 6) is 2.41. The molecule has 1 N–H and O–H groups in total. The molecule has 8 heteroatoms. The number of carbonyl (C=O) groups is 1. The van der Waals surface area contributed by atoms with Gasteiger partial charge in [-0.15, -0.1) is 10.2 Å². The van der Waals surface area contributed by atoms with E-state index >= 15 is 0 Å². The van der Waals surface area contributed by atoms with Crippen LogP contribution in [0.15, 0.2) is 52.2 Å². The number of ether oxygens (including phenoxy) is 1. The second-order valence-corrected chi connectivity index (χ2v) is 9.21. The van der Waals surface area contributed by atoms with Crippen LogP contribution < -0.4 is 10.1 Å². The predicted molar refractivity (Wildman–Crippen MR) is 121 cm³/mol. The lowest BCUT2D eigenvalue weighted by Gasteiger charge is -2.20. The van der Waals surface area contributed by atoms with Crippen LogP contribution in [0, 0.1) is 0 Å². The Morgan fingerprint density at radius 3 is 2.58 bits per heavy atom. The molecule has 31 heavy (non-hydrogen) atoms. The van der Waals surface area contributed by atoms with Crippen molar-refractivity contribution in [1.82, 2.24) is 20.1 Å². The number of hydrogen-bond donors (Lipinski definition) is 1. The van der Waals surface area contributed by atoms with Gasteiger partial charge < -0.3 is 19.0 Å². The van der Waals surface area contributed by atoms with E-state index in [0.717, 1.165) is 17.3 Å². The summed E-state index contributed by atoms with van der Waals surface area (Å²) >= 11 is 1.36. The number of nitrogens with one attached hydrogen (secondary N) is 1. The van der Waals surface area contributed by atoms with Crippen molar-refractivity contribution in [3.8, 4) is 5.75 Å². The lowest BCUT2D eigenvalue weighted by Crippen LogP contribution is -2.24. The summed E-state index contributed by atoms with van der Waals surface area (Å²) in [4.78, 5) is 12.1. The first kappa shape index (κ1) is 22.9. The molecule has 0 aliphatic heterocycles. The number of rotatable bonds is 9. The monoisotopic (exact) mass is 442 g/mol. The maximum Gasteiger partial charge on any atom is 0.230 e. The van der Waals surface area contributed by atoms with Gasteiger partial charge in [-0.25, -0.2) is 0 Å². The zero-order valence-electron chi connectivity index (χ0n) is 18.7. The van der Waals surface area contributed by atoms with Crippen LogP contribution in [0.25, 0.3) is 0 Å². The van der Waals surface area contributed by atoms with Crippen molar-refractivity contribution in [2.75, 3.05) is 5.75 Å². The van der Waals surface area contributed by atoms with E-state index in [4.69, 9.17) is 9.15 Å². The maximum atomic E-state index is 12.1. The highest BCUT2D eigenvalue weighted by atomic mass is 32.2. The topological polar surface area (TPSA) is 82.2 Å². The molecular weight excluding hydrogens is 412 g/mol. The molecule has 3 rings (SSSR count). The van der Waals surface area contributed by atoms with Gasteiger partial charge in [0.05, 0.1) is 18.6 Å². The molecule has 0 saturated heterocycles. The molecular formula is C23H30N4O3S. The fourth-order valence-corrected chi connectivity index (χ4v) is 3.91. The molecule has 0 radical (unpaired) electrons. The molecule has 0 saturated carbocycles. The van der Waals surface area contributed by atoms with Gasteiger partial charge in [0.15, 0.2) is 17.1 Å². The number of aromatic nitrogens is 3. The maximum absolute atomic E-state index is 12.1. The van der Waals surface area contributed by atoms with Crippen LogP contribution in [0.5, 0.6) is 5.75 Å². The number of furan rings is 1. The molecule has 1 unspecified atom stereocenters. The Bertz CT molecular complexity index is 975. The van der Waals surface area contributed by atoms with Crippen LogP contribution in [0.4, 0.5) is 0 Å². The molecule has 0 aliphatic carbocycles. The second kappa shape index (κ2) is 10.0. The number of benzene rings is 1. The van der Waals surface area contributed by atoms with E-state index in [1.54, 1.807) is 12.3 Å². The fourth-order valence-electron chi connectivity index (χ4n) is 3.08. The van der Waals surface area contributed by atoms with Gasteiger partial charge in [-0.3, -0.25) is 4.79 Å². The van der Waals surface area contributed by atoms with Crippen molar-refractivity contribution in [3.63, 3.8) is 0 Å². The molecule has 3 aromatic rings. The van der Waals surface area contributed by atoms with Gasteiger partial charge in [0.2, 0.25) is 5.91 Å². The quantitative estimate of drug-likeness (QED) is 0.482. The Hall–Kier alpha value is -2.74. The molecule has 7 nitrogen and oxygen atoms in total. The van der Waals surface area contributed by atoms with Crippen molar-refractivity contribution in [3.05, 3.63) is 59.8 Å². The smallest absolute Gasteiger partial charge is 0.230 e. The van der Waals surface area contributed by atoms with E-state index in [1.807, 2.05) is 36.6 Å². The van der Waals surface area contributed by atoms with E-state index in [1.165, 1.54) is 17.3 Å². The van der Waals surface area contributed by atoms with E-state index in [0.29, 0.717) is 18.2 Å². The summed E-state index contributed by atoms with van der Waals surface area (Å²) < 4.78 is 13.3. The Labute approximate surface area is 187 Å². The molecule has 0 aliphatic rings. The van der Waals surface area contributed by atoms with Crippen LogP contribution in [0.2, 0.25) is 0 Å². The van der Waals surface area contributed by atoms with Crippen LogP contribution in [-0.2, 0) is 23.3 Å². The number of hydrogen-bond acceptors (Lipinski definition) is 6. The highest BCUT2D eigenvalue weighted by Crippen LogP contribution is 2.27. The molecule has 2 heterocycles. The lowest BCUT2D eigenvalue weighted by molar-refractivity contribution is -0.118. The minimum absolute atomic E-state index is 0.0863. The Kier molecular flexibility index (Phi) is 7.43. The van der Waals surface area contributed by atoms with Crippen LogP contribution >= 0.6 is 11.8 Å². The van der Waals surface area contributed by atoms with Crippen LogP contribution in [0.3, 0.4) is 0 Å². The molecule has 1 aromatic carbocycles. The Morgan fingerprint density at radius 1 is 1.23 bits per heavy atom. The SMILES string of the molecule is CCn1c(SCC(=O)NCc2ccco2)nnc1C(C)Oc1ccc(C(C)(C)C)cc1. The highest BCUT2D eigenvalue weighted by Gasteiger charge is 2.20. The zero-order chi connectivity index (χ0) is 22.4. The Morgan fingerprint density at radius 2 is 1.97 bits per heavy atom. The van der Waals surface area contributed by atoms with Crippen LogP contribution in [-0.4, -0.2) is 26.4 Å². The van der Waals surface area contributed by atoms with E-state index in [-0.39, 0.29) is 23.2 Å². The molecule has 2 aromatic heterocycles. The molecule has 0 spiro atoms. The summed E-state index contributed by atoms with van der Waals surface area (Å²) in [7, 11) is 0. The number of nitrogens with zero attached hydrogens (tertiary/aromatic N) is 3. The average Bonchev–Trinajstić information content (AvgIpc) is 3.39. The van der Waals surface area contributed by atoms with Gasteiger partial charge >= 0.3 is 0 Å². The van der Waals surface area contributed by atoms with Gasteiger partial charge in [-0.05, 0) is 49.1 Å². The third kappa shape index (κ3) is 6.13. The van der Waals surface area contributed by atoms with Gasteiger partial charge in [0.1, 0.15) is 11.5 Å². The number of carbonyl (C=O) groups excluding carboxylic acids is 1. The average molecular weight is 443 g/mol. The second-order valence-electron chi connectivity index (χ2n) is 8.26. The third-order valence-electron chi connectivity index (χ3n) is 4.83.